The summed E-state index contributed by atoms with van der Waals surface area (Å²) in [6.07, 6.45) is 3.92. The summed E-state index contributed by atoms with van der Waals surface area (Å²) in [6.45, 7) is 4.31. The first kappa shape index (κ1) is 20.4. The average molecular weight is 415 g/mol. The third-order valence-electron chi connectivity index (χ3n) is 3.99. The molecule has 2 aromatic heterocycles. The molecule has 2 rings (SSSR count). The molecule has 2 aromatic rings. The van der Waals surface area contributed by atoms with Crippen LogP contribution in [-0.2, 0) is 0 Å². The van der Waals surface area contributed by atoms with Crippen molar-refractivity contribution in [3.8, 4) is 0 Å². The van der Waals surface area contributed by atoms with Crippen molar-refractivity contribution in [1.29, 1.82) is 0 Å². The van der Waals surface area contributed by atoms with E-state index in [-0.39, 0.29) is 11.8 Å². The van der Waals surface area contributed by atoms with Crippen LogP contribution in [0.3, 0.4) is 0 Å². The largest absolute Gasteiger partial charge is 0.349 e. The molecular formula is C17H22N2O2S4. The van der Waals surface area contributed by atoms with E-state index in [1.165, 1.54) is 22.7 Å². The summed E-state index contributed by atoms with van der Waals surface area (Å²) < 4.78 is 0. The molecule has 2 heterocycles. The van der Waals surface area contributed by atoms with Crippen LogP contribution in [0, 0.1) is 0 Å². The molecule has 0 aliphatic carbocycles. The van der Waals surface area contributed by atoms with Gasteiger partial charge in [0, 0.05) is 23.4 Å². The number of amides is 2. The Hall–Kier alpha value is -0.960. The summed E-state index contributed by atoms with van der Waals surface area (Å²) in [5.41, 5.74) is -0.497. The minimum atomic E-state index is -0.497. The van der Waals surface area contributed by atoms with E-state index in [1.807, 2.05) is 49.3 Å². The maximum absolute atomic E-state index is 12.8. The van der Waals surface area contributed by atoms with Crippen molar-refractivity contribution in [3.63, 3.8) is 0 Å². The summed E-state index contributed by atoms with van der Waals surface area (Å²) >= 11 is 6.02. The summed E-state index contributed by atoms with van der Waals surface area (Å²) in [5.74, 6) is -0.103. The van der Waals surface area contributed by atoms with Crippen LogP contribution in [0.4, 0.5) is 0 Å². The van der Waals surface area contributed by atoms with Crippen molar-refractivity contribution < 1.29 is 9.59 Å². The number of hydrogen-bond donors (Lipinski definition) is 1. The van der Waals surface area contributed by atoms with Gasteiger partial charge in [-0.15, -0.1) is 46.2 Å². The minimum absolute atomic E-state index is 0.0143. The van der Waals surface area contributed by atoms with Crippen LogP contribution in [0.15, 0.2) is 32.7 Å². The van der Waals surface area contributed by atoms with Crippen LogP contribution in [0.25, 0.3) is 0 Å². The van der Waals surface area contributed by atoms with Crippen LogP contribution < -0.4 is 5.32 Å². The Labute approximate surface area is 165 Å². The summed E-state index contributed by atoms with van der Waals surface area (Å²) in [6, 6.07) is 3.91. The number of nitrogens with zero attached hydrogens (tertiary/aromatic N) is 1. The lowest BCUT2D eigenvalue weighted by Gasteiger charge is -2.35. The zero-order chi connectivity index (χ0) is 18.6. The fourth-order valence-electron chi connectivity index (χ4n) is 2.16. The van der Waals surface area contributed by atoms with Crippen LogP contribution in [-0.4, -0.2) is 48.4 Å². The standard InChI is InChI=1S/C17H22N2O2S4/c1-17(2,10-18-15(20)13-11(22-4)6-8-24-13)19(3)16(21)14-12(23-5)7-9-25-14/h6-9H,10H2,1-5H3,(H,18,20). The summed E-state index contributed by atoms with van der Waals surface area (Å²) in [7, 11) is 1.79. The molecule has 0 aromatic carbocycles. The average Bonchev–Trinajstić information content (AvgIpc) is 3.26. The molecule has 0 radical (unpaired) electrons. The molecule has 0 spiro atoms. The maximum atomic E-state index is 12.8. The van der Waals surface area contributed by atoms with Gasteiger partial charge in [0.05, 0.1) is 5.54 Å². The second-order valence-corrected chi connectivity index (χ2v) is 9.52. The van der Waals surface area contributed by atoms with Gasteiger partial charge in [-0.05, 0) is 49.3 Å². The molecule has 1 N–H and O–H groups in total. The molecule has 0 atom stereocenters. The highest BCUT2D eigenvalue weighted by molar-refractivity contribution is 7.99. The number of thiophene rings is 2. The van der Waals surface area contributed by atoms with Gasteiger partial charge < -0.3 is 10.2 Å². The van der Waals surface area contributed by atoms with Gasteiger partial charge in [0.1, 0.15) is 9.75 Å². The van der Waals surface area contributed by atoms with Gasteiger partial charge in [-0.2, -0.15) is 0 Å². The van der Waals surface area contributed by atoms with Gasteiger partial charge in [-0.1, -0.05) is 0 Å². The fourth-order valence-corrected chi connectivity index (χ4v) is 5.55. The predicted octanol–water partition coefficient (Wildman–Crippen LogP) is 4.53. The lowest BCUT2D eigenvalue weighted by atomic mass is 10.0. The predicted molar refractivity (Wildman–Crippen MR) is 111 cm³/mol. The molecule has 0 saturated carbocycles. The Balaban J connectivity index is 2.05. The number of thioether (sulfide) groups is 2. The lowest BCUT2D eigenvalue weighted by Crippen LogP contribution is -2.52. The summed E-state index contributed by atoms with van der Waals surface area (Å²) in [4.78, 5) is 30.4. The van der Waals surface area contributed by atoms with Crippen LogP contribution >= 0.6 is 46.2 Å². The second kappa shape index (κ2) is 8.62. The Kier molecular flexibility index (Phi) is 7.01. The summed E-state index contributed by atoms with van der Waals surface area (Å²) in [5, 5.41) is 6.82. The fraction of sp³-hybridized carbons (Fsp3) is 0.412. The molecule has 25 heavy (non-hydrogen) atoms. The Bertz CT molecular complexity index is 751. The third-order valence-corrected chi connectivity index (χ3v) is 7.63. The van der Waals surface area contributed by atoms with Crippen molar-refractivity contribution in [2.24, 2.45) is 0 Å². The number of likely N-dealkylation sites (N-methyl/N-ethyl adjacent to an activating group) is 1. The molecule has 0 saturated heterocycles. The normalized spacial score (nSPS) is 11.4. The van der Waals surface area contributed by atoms with E-state index in [0.29, 0.717) is 6.54 Å². The molecular weight excluding hydrogens is 392 g/mol. The first-order valence-electron chi connectivity index (χ1n) is 7.61. The Morgan fingerprint density at radius 2 is 1.60 bits per heavy atom. The van der Waals surface area contributed by atoms with Gasteiger partial charge in [-0.3, -0.25) is 9.59 Å². The maximum Gasteiger partial charge on any atom is 0.265 e. The van der Waals surface area contributed by atoms with Gasteiger partial charge in [0.15, 0.2) is 0 Å². The number of rotatable bonds is 7. The van der Waals surface area contributed by atoms with E-state index in [4.69, 9.17) is 0 Å². The molecule has 0 aliphatic rings. The molecule has 8 heteroatoms. The van der Waals surface area contributed by atoms with Crippen LogP contribution in [0.2, 0.25) is 0 Å². The smallest absolute Gasteiger partial charge is 0.265 e. The van der Waals surface area contributed by atoms with E-state index in [9.17, 15) is 9.59 Å². The highest BCUT2D eigenvalue weighted by Gasteiger charge is 2.31. The van der Waals surface area contributed by atoms with Gasteiger partial charge in [0.25, 0.3) is 11.8 Å². The molecule has 0 aliphatic heterocycles. The van der Waals surface area contributed by atoms with E-state index in [1.54, 1.807) is 35.5 Å². The van der Waals surface area contributed by atoms with Crippen molar-refractivity contribution in [1.82, 2.24) is 10.2 Å². The van der Waals surface area contributed by atoms with Crippen molar-refractivity contribution in [3.05, 3.63) is 32.6 Å². The molecule has 0 fully saturated rings. The molecule has 4 nitrogen and oxygen atoms in total. The van der Waals surface area contributed by atoms with E-state index >= 15 is 0 Å². The monoisotopic (exact) mass is 414 g/mol. The first-order valence-corrected chi connectivity index (χ1v) is 11.8. The van der Waals surface area contributed by atoms with E-state index in [2.05, 4.69) is 5.32 Å². The van der Waals surface area contributed by atoms with Crippen molar-refractivity contribution in [2.75, 3.05) is 26.1 Å². The van der Waals surface area contributed by atoms with E-state index in [0.717, 1.165) is 19.5 Å². The van der Waals surface area contributed by atoms with Crippen molar-refractivity contribution >= 4 is 58.0 Å². The molecule has 0 bridgehead atoms. The topological polar surface area (TPSA) is 49.4 Å². The van der Waals surface area contributed by atoms with Crippen LogP contribution in [0.1, 0.15) is 33.2 Å². The Morgan fingerprint density at radius 1 is 1.08 bits per heavy atom. The van der Waals surface area contributed by atoms with Gasteiger partial charge in [0.2, 0.25) is 0 Å². The quantitative estimate of drug-likeness (QED) is 0.676. The minimum Gasteiger partial charge on any atom is -0.349 e. The van der Waals surface area contributed by atoms with Gasteiger partial charge in [-0.25, -0.2) is 0 Å². The molecule has 0 unspecified atom stereocenters. The van der Waals surface area contributed by atoms with Crippen molar-refractivity contribution in [2.45, 2.75) is 29.2 Å². The molecule has 136 valence electrons. The third kappa shape index (κ3) is 4.61. The second-order valence-electron chi connectivity index (χ2n) is 6.00. The van der Waals surface area contributed by atoms with E-state index < -0.39 is 5.54 Å². The SMILES string of the molecule is CSc1ccsc1C(=O)NCC(C)(C)N(C)C(=O)c1sccc1SC. The number of carbonyl (C=O) groups is 2. The highest BCUT2D eigenvalue weighted by Crippen LogP contribution is 2.29. The zero-order valence-electron chi connectivity index (χ0n) is 14.9. The molecule has 2 amide bonds. The first-order chi connectivity index (χ1) is 11.8. The highest BCUT2D eigenvalue weighted by atomic mass is 32.2. The van der Waals surface area contributed by atoms with Crippen LogP contribution in [0.5, 0.6) is 0 Å². The lowest BCUT2D eigenvalue weighted by molar-refractivity contribution is 0.0614. The number of hydrogen-bond acceptors (Lipinski definition) is 6. The zero-order valence-corrected chi connectivity index (χ0v) is 18.2. The Morgan fingerprint density at radius 3 is 2.16 bits per heavy atom. The number of carbonyl (C=O) groups excluding carboxylic acids is 2. The number of nitrogens with one attached hydrogen (secondary N) is 1. The van der Waals surface area contributed by atoms with Gasteiger partial charge >= 0.3 is 0 Å².